The van der Waals surface area contributed by atoms with Crippen LogP contribution in [0.5, 0.6) is 0 Å². The van der Waals surface area contributed by atoms with E-state index >= 15 is 0 Å². The predicted octanol–water partition coefficient (Wildman–Crippen LogP) is 1.27. The molecule has 0 aromatic carbocycles. The lowest BCUT2D eigenvalue weighted by atomic mass is 10.4. The molecule has 0 radical (unpaired) electrons. The standard InChI is InChI=1S/C9H15N5O2/c1-4-13(5-2)8-7(14(15)16)6-11-9(10-3)12-8/h6H,4-5H2,1-3H3,(H,10,11,12). The molecule has 1 aromatic rings. The van der Waals surface area contributed by atoms with Gasteiger partial charge in [0.2, 0.25) is 11.8 Å². The van der Waals surface area contributed by atoms with Crippen molar-refractivity contribution in [3.05, 3.63) is 16.3 Å². The fourth-order valence-electron chi connectivity index (χ4n) is 1.37. The monoisotopic (exact) mass is 225 g/mol. The zero-order chi connectivity index (χ0) is 12.1. The van der Waals surface area contributed by atoms with Gasteiger partial charge in [-0.15, -0.1) is 0 Å². The zero-order valence-electron chi connectivity index (χ0n) is 9.60. The third-order valence-corrected chi connectivity index (χ3v) is 2.23. The van der Waals surface area contributed by atoms with Crippen molar-refractivity contribution in [2.45, 2.75) is 13.8 Å². The number of hydrogen-bond donors (Lipinski definition) is 1. The Kier molecular flexibility index (Phi) is 3.98. The highest BCUT2D eigenvalue weighted by atomic mass is 16.6. The number of hydrogen-bond acceptors (Lipinski definition) is 6. The maximum atomic E-state index is 10.8. The van der Waals surface area contributed by atoms with Crippen molar-refractivity contribution in [2.24, 2.45) is 0 Å². The van der Waals surface area contributed by atoms with Gasteiger partial charge in [0.25, 0.3) is 0 Å². The molecule has 0 aliphatic carbocycles. The van der Waals surface area contributed by atoms with Crippen LogP contribution in [0.1, 0.15) is 13.8 Å². The van der Waals surface area contributed by atoms with Gasteiger partial charge in [-0.2, -0.15) is 4.98 Å². The van der Waals surface area contributed by atoms with Crippen LogP contribution in [-0.2, 0) is 0 Å². The van der Waals surface area contributed by atoms with Crippen LogP contribution in [0.15, 0.2) is 6.20 Å². The third-order valence-electron chi connectivity index (χ3n) is 2.23. The second kappa shape index (κ2) is 5.24. The van der Waals surface area contributed by atoms with Crippen molar-refractivity contribution in [1.82, 2.24) is 9.97 Å². The molecule has 0 unspecified atom stereocenters. The van der Waals surface area contributed by atoms with Crippen molar-refractivity contribution >= 4 is 17.5 Å². The van der Waals surface area contributed by atoms with Crippen LogP contribution >= 0.6 is 0 Å². The largest absolute Gasteiger partial charge is 0.357 e. The molecule has 7 heteroatoms. The Morgan fingerprint density at radius 1 is 1.50 bits per heavy atom. The van der Waals surface area contributed by atoms with E-state index in [2.05, 4.69) is 15.3 Å². The number of anilines is 2. The second-order valence-electron chi connectivity index (χ2n) is 3.08. The minimum Gasteiger partial charge on any atom is -0.357 e. The topological polar surface area (TPSA) is 84.2 Å². The quantitative estimate of drug-likeness (QED) is 0.600. The molecule has 0 atom stereocenters. The summed E-state index contributed by atoms with van der Waals surface area (Å²) in [6.45, 7) is 5.18. The van der Waals surface area contributed by atoms with Gasteiger partial charge in [0.15, 0.2) is 0 Å². The van der Waals surface area contributed by atoms with Crippen LogP contribution in [0.4, 0.5) is 17.5 Å². The Bertz CT molecular complexity index is 378. The van der Waals surface area contributed by atoms with Crippen molar-refractivity contribution in [2.75, 3.05) is 30.4 Å². The molecule has 1 aromatic heterocycles. The Morgan fingerprint density at radius 3 is 2.56 bits per heavy atom. The first-order valence-electron chi connectivity index (χ1n) is 5.08. The molecule has 7 nitrogen and oxygen atoms in total. The molecule has 1 heterocycles. The summed E-state index contributed by atoms with van der Waals surface area (Å²) in [5.41, 5.74) is -0.0669. The van der Waals surface area contributed by atoms with Gasteiger partial charge in [0, 0.05) is 20.1 Å². The van der Waals surface area contributed by atoms with Gasteiger partial charge in [0.1, 0.15) is 6.20 Å². The van der Waals surface area contributed by atoms with Crippen LogP contribution in [0.25, 0.3) is 0 Å². The number of aromatic nitrogens is 2. The first kappa shape index (κ1) is 12.2. The summed E-state index contributed by atoms with van der Waals surface area (Å²) in [5.74, 6) is 0.738. The lowest BCUT2D eigenvalue weighted by molar-refractivity contribution is -0.384. The van der Waals surface area contributed by atoms with E-state index in [1.54, 1.807) is 7.05 Å². The molecule has 0 aliphatic rings. The van der Waals surface area contributed by atoms with Crippen LogP contribution < -0.4 is 10.2 Å². The Morgan fingerprint density at radius 2 is 2.12 bits per heavy atom. The van der Waals surface area contributed by atoms with E-state index in [9.17, 15) is 10.1 Å². The summed E-state index contributed by atoms with van der Waals surface area (Å²) in [4.78, 5) is 20.1. The summed E-state index contributed by atoms with van der Waals surface area (Å²) in [5, 5.41) is 13.6. The molecule has 0 saturated carbocycles. The number of nitrogens with one attached hydrogen (secondary N) is 1. The fourth-order valence-corrected chi connectivity index (χ4v) is 1.37. The molecule has 0 aliphatic heterocycles. The first-order chi connectivity index (χ1) is 7.63. The Balaban J connectivity index is 3.24. The van der Waals surface area contributed by atoms with E-state index in [0.29, 0.717) is 24.9 Å². The van der Waals surface area contributed by atoms with Crippen molar-refractivity contribution in [3.8, 4) is 0 Å². The molecule has 88 valence electrons. The third kappa shape index (κ3) is 2.36. The van der Waals surface area contributed by atoms with Gasteiger partial charge in [-0.1, -0.05) is 0 Å². The molecular formula is C9H15N5O2. The number of nitro groups is 1. The number of nitrogens with zero attached hydrogens (tertiary/aromatic N) is 4. The normalized spacial score (nSPS) is 9.94. The van der Waals surface area contributed by atoms with Crippen molar-refractivity contribution in [1.29, 1.82) is 0 Å². The lowest BCUT2D eigenvalue weighted by Crippen LogP contribution is -2.24. The minimum absolute atomic E-state index is 0.0669. The van der Waals surface area contributed by atoms with E-state index in [4.69, 9.17) is 0 Å². The Hall–Kier alpha value is -1.92. The first-order valence-corrected chi connectivity index (χ1v) is 5.08. The van der Waals surface area contributed by atoms with E-state index in [1.807, 2.05) is 18.7 Å². The highest BCUT2D eigenvalue weighted by molar-refractivity contribution is 5.58. The van der Waals surface area contributed by atoms with Gasteiger partial charge in [0.05, 0.1) is 4.92 Å². The Labute approximate surface area is 93.7 Å². The smallest absolute Gasteiger partial charge is 0.329 e. The highest BCUT2D eigenvalue weighted by Gasteiger charge is 2.20. The summed E-state index contributed by atoms with van der Waals surface area (Å²) >= 11 is 0. The SMILES string of the molecule is CCN(CC)c1nc(NC)ncc1[N+](=O)[O-]. The highest BCUT2D eigenvalue weighted by Crippen LogP contribution is 2.25. The summed E-state index contributed by atoms with van der Waals surface area (Å²) in [7, 11) is 1.67. The van der Waals surface area contributed by atoms with E-state index in [0.717, 1.165) is 0 Å². The average Bonchev–Trinajstić information content (AvgIpc) is 2.30. The minimum atomic E-state index is -0.465. The molecule has 0 amide bonds. The van der Waals surface area contributed by atoms with Crippen molar-refractivity contribution < 1.29 is 4.92 Å². The number of rotatable bonds is 5. The van der Waals surface area contributed by atoms with Gasteiger partial charge in [-0.05, 0) is 13.8 Å². The fraction of sp³-hybridized carbons (Fsp3) is 0.556. The zero-order valence-corrected chi connectivity index (χ0v) is 9.60. The van der Waals surface area contributed by atoms with E-state index < -0.39 is 4.92 Å². The van der Waals surface area contributed by atoms with Crippen LogP contribution in [0, 0.1) is 10.1 Å². The van der Waals surface area contributed by atoms with Gasteiger partial charge in [-0.3, -0.25) is 10.1 Å². The predicted molar refractivity (Wildman–Crippen MR) is 61.8 cm³/mol. The summed E-state index contributed by atoms with van der Waals surface area (Å²) < 4.78 is 0. The lowest BCUT2D eigenvalue weighted by Gasteiger charge is -2.19. The molecule has 0 fully saturated rings. The van der Waals surface area contributed by atoms with Gasteiger partial charge < -0.3 is 10.2 Å². The molecule has 1 rings (SSSR count). The molecule has 0 spiro atoms. The second-order valence-corrected chi connectivity index (χ2v) is 3.08. The molecule has 0 saturated heterocycles. The van der Waals surface area contributed by atoms with E-state index in [1.165, 1.54) is 6.20 Å². The molecule has 1 N–H and O–H groups in total. The molecule has 16 heavy (non-hydrogen) atoms. The van der Waals surface area contributed by atoms with Gasteiger partial charge >= 0.3 is 5.69 Å². The summed E-state index contributed by atoms with van der Waals surface area (Å²) in [6, 6.07) is 0. The van der Waals surface area contributed by atoms with E-state index in [-0.39, 0.29) is 5.69 Å². The summed E-state index contributed by atoms with van der Waals surface area (Å²) in [6.07, 6.45) is 1.23. The van der Waals surface area contributed by atoms with Gasteiger partial charge in [-0.25, -0.2) is 4.98 Å². The molecular weight excluding hydrogens is 210 g/mol. The van der Waals surface area contributed by atoms with Crippen LogP contribution in [-0.4, -0.2) is 35.0 Å². The molecule has 0 bridgehead atoms. The van der Waals surface area contributed by atoms with Crippen LogP contribution in [0.2, 0.25) is 0 Å². The van der Waals surface area contributed by atoms with Crippen molar-refractivity contribution in [3.63, 3.8) is 0 Å². The average molecular weight is 225 g/mol. The van der Waals surface area contributed by atoms with Crippen LogP contribution in [0.3, 0.4) is 0 Å². The maximum absolute atomic E-state index is 10.8. The maximum Gasteiger partial charge on any atom is 0.329 e.